The number of anilines is 1. The first-order valence-electron chi connectivity index (χ1n) is 9.58. The van der Waals surface area contributed by atoms with Gasteiger partial charge in [0, 0.05) is 11.1 Å². The number of aryl methyl sites for hydroxylation is 2. The topological polar surface area (TPSA) is 118 Å². The maximum atomic E-state index is 13.2. The third kappa shape index (κ3) is 4.85. The van der Waals surface area contributed by atoms with E-state index in [1.165, 1.54) is 23.5 Å². The molecule has 13 heteroatoms. The van der Waals surface area contributed by atoms with Crippen LogP contribution in [0.25, 0.3) is 6.08 Å². The molecular weight excluding hydrogens is 518 g/mol. The van der Waals surface area contributed by atoms with Gasteiger partial charge in [0.2, 0.25) is 0 Å². The summed E-state index contributed by atoms with van der Waals surface area (Å²) in [5.41, 5.74) is 1.10. The lowest BCUT2D eigenvalue weighted by Gasteiger charge is -2.29. The van der Waals surface area contributed by atoms with Gasteiger partial charge in [-0.25, -0.2) is 0 Å². The number of nitrogens with zero attached hydrogens (tertiary/aromatic N) is 4. The summed E-state index contributed by atoms with van der Waals surface area (Å²) in [7, 11) is 0. The van der Waals surface area contributed by atoms with E-state index < -0.39 is 16.7 Å². The lowest BCUT2D eigenvalue weighted by atomic mass is 10.1. The Hall–Kier alpha value is -3.19. The SMILES string of the molecule is Cc1nnc(Sc2ccc(/C=C3\C(=O)NC(=S)N(c4ccc(C)c(Cl)c4)C3=O)cc2[N+](=O)[O-])s1. The Labute approximate surface area is 212 Å². The summed E-state index contributed by atoms with van der Waals surface area (Å²) in [4.78, 5) is 38.4. The zero-order valence-electron chi connectivity index (χ0n) is 17.6. The second-order valence-electron chi connectivity index (χ2n) is 7.06. The predicted octanol–water partition coefficient (Wildman–Crippen LogP) is 4.70. The highest BCUT2D eigenvalue weighted by Gasteiger charge is 2.34. The van der Waals surface area contributed by atoms with Crippen LogP contribution in [0.2, 0.25) is 5.02 Å². The summed E-state index contributed by atoms with van der Waals surface area (Å²) in [5.74, 6) is -1.37. The van der Waals surface area contributed by atoms with Crippen molar-refractivity contribution >= 4 is 81.3 Å². The normalized spacial score (nSPS) is 15.1. The van der Waals surface area contributed by atoms with Crippen molar-refractivity contribution in [3.8, 4) is 0 Å². The summed E-state index contributed by atoms with van der Waals surface area (Å²) in [6, 6.07) is 9.38. The molecule has 172 valence electrons. The number of nitro groups is 1. The van der Waals surface area contributed by atoms with Crippen molar-refractivity contribution in [2.24, 2.45) is 0 Å². The van der Waals surface area contributed by atoms with Crippen LogP contribution in [0, 0.1) is 24.0 Å². The molecular formula is C21H14ClN5O4S3. The van der Waals surface area contributed by atoms with E-state index in [1.807, 2.05) is 6.92 Å². The van der Waals surface area contributed by atoms with Crippen LogP contribution in [0.15, 0.2) is 51.2 Å². The van der Waals surface area contributed by atoms with Crippen LogP contribution < -0.4 is 10.2 Å². The molecule has 1 fully saturated rings. The number of nitro benzene ring substituents is 1. The number of carbonyl (C=O) groups excluding carboxylic acids is 2. The van der Waals surface area contributed by atoms with Gasteiger partial charge in [0.15, 0.2) is 9.45 Å². The van der Waals surface area contributed by atoms with Crippen LogP contribution in [0.1, 0.15) is 16.1 Å². The van der Waals surface area contributed by atoms with Gasteiger partial charge in [-0.1, -0.05) is 46.8 Å². The Morgan fingerprint density at radius 2 is 1.97 bits per heavy atom. The third-order valence-electron chi connectivity index (χ3n) is 4.71. The number of thiocarbonyl (C=S) groups is 1. The maximum absolute atomic E-state index is 13.2. The van der Waals surface area contributed by atoms with Gasteiger partial charge < -0.3 is 0 Å². The minimum absolute atomic E-state index is 0.0860. The van der Waals surface area contributed by atoms with E-state index in [4.69, 9.17) is 23.8 Å². The molecule has 0 unspecified atom stereocenters. The van der Waals surface area contributed by atoms with Gasteiger partial charge in [-0.05, 0) is 61.5 Å². The summed E-state index contributed by atoms with van der Waals surface area (Å²) in [5, 5.41) is 23.1. The van der Waals surface area contributed by atoms with Crippen LogP contribution >= 0.6 is 46.9 Å². The highest BCUT2D eigenvalue weighted by Crippen LogP contribution is 2.37. The van der Waals surface area contributed by atoms with Gasteiger partial charge in [-0.15, -0.1) is 10.2 Å². The van der Waals surface area contributed by atoms with Crippen LogP contribution in [0.3, 0.4) is 0 Å². The fourth-order valence-corrected chi connectivity index (χ4v) is 5.36. The van der Waals surface area contributed by atoms with Crippen molar-refractivity contribution in [3.05, 3.63) is 73.2 Å². The molecule has 34 heavy (non-hydrogen) atoms. The Bertz CT molecular complexity index is 1400. The molecule has 0 saturated carbocycles. The summed E-state index contributed by atoms with van der Waals surface area (Å²) < 4.78 is 0.564. The molecule has 1 aliphatic rings. The van der Waals surface area contributed by atoms with Crippen molar-refractivity contribution in [1.82, 2.24) is 15.5 Å². The van der Waals surface area contributed by atoms with E-state index in [0.717, 1.165) is 27.2 Å². The predicted molar refractivity (Wildman–Crippen MR) is 134 cm³/mol. The second-order valence-corrected chi connectivity index (χ2v) is 10.3. The molecule has 3 aromatic rings. The minimum Gasteiger partial charge on any atom is -0.298 e. The molecule has 0 atom stereocenters. The number of benzene rings is 2. The van der Waals surface area contributed by atoms with Crippen LogP contribution in [-0.4, -0.2) is 32.0 Å². The zero-order valence-corrected chi connectivity index (χ0v) is 20.8. The molecule has 1 aliphatic heterocycles. The molecule has 9 nitrogen and oxygen atoms in total. The van der Waals surface area contributed by atoms with Crippen molar-refractivity contribution < 1.29 is 14.5 Å². The minimum atomic E-state index is -0.699. The molecule has 1 N–H and O–H groups in total. The quantitative estimate of drug-likeness (QED) is 0.165. The second kappa shape index (κ2) is 9.58. The molecule has 0 spiro atoms. The summed E-state index contributed by atoms with van der Waals surface area (Å²) in [6.07, 6.45) is 1.29. The Morgan fingerprint density at radius 3 is 2.62 bits per heavy atom. The van der Waals surface area contributed by atoms with Crippen molar-refractivity contribution in [2.45, 2.75) is 23.1 Å². The van der Waals surface area contributed by atoms with Gasteiger partial charge in [0.1, 0.15) is 10.6 Å². The lowest BCUT2D eigenvalue weighted by Crippen LogP contribution is -2.54. The smallest absolute Gasteiger partial charge is 0.283 e. The molecule has 0 aliphatic carbocycles. The Balaban J connectivity index is 1.70. The first-order chi connectivity index (χ1) is 16.1. The number of rotatable bonds is 5. The fourth-order valence-electron chi connectivity index (χ4n) is 3.05. The number of halogens is 1. The van der Waals surface area contributed by atoms with E-state index in [-0.39, 0.29) is 16.4 Å². The molecule has 1 aromatic heterocycles. The Morgan fingerprint density at radius 1 is 1.21 bits per heavy atom. The number of nitrogens with one attached hydrogen (secondary N) is 1. The molecule has 1 saturated heterocycles. The molecule has 2 amide bonds. The molecule has 0 bridgehead atoms. The molecule has 4 rings (SSSR count). The average molecular weight is 532 g/mol. The fraction of sp³-hybridized carbons (Fsp3) is 0.0952. The van der Waals surface area contributed by atoms with Crippen molar-refractivity contribution in [2.75, 3.05) is 4.90 Å². The van der Waals surface area contributed by atoms with Gasteiger partial charge in [0.25, 0.3) is 17.5 Å². The summed E-state index contributed by atoms with van der Waals surface area (Å²) >= 11 is 13.8. The highest BCUT2D eigenvalue weighted by molar-refractivity contribution is 8.01. The number of hydrogen-bond donors (Lipinski definition) is 1. The van der Waals surface area contributed by atoms with E-state index in [2.05, 4.69) is 15.5 Å². The zero-order chi connectivity index (χ0) is 24.6. The molecule has 0 radical (unpaired) electrons. The number of amides is 2. The number of hydrogen-bond acceptors (Lipinski definition) is 9. The largest absolute Gasteiger partial charge is 0.298 e. The average Bonchev–Trinajstić information content (AvgIpc) is 3.18. The van der Waals surface area contributed by atoms with Crippen LogP contribution in [-0.2, 0) is 9.59 Å². The Kier molecular flexibility index (Phi) is 6.75. The highest BCUT2D eigenvalue weighted by atomic mass is 35.5. The maximum Gasteiger partial charge on any atom is 0.283 e. The van der Waals surface area contributed by atoms with E-state index in [0.29, 0.717) is 25.5 Å². The summed E-state index contributed by atoms with van der Waals surface area (Å²) in [6.45, 7) is 3.60. The van der Waals surface area contributed by atoms with Crippen LogP contribution in [0.5, 0.6) is 0 Å². The van der Waals surface area contributed by atoms with Crippen molar-refractivity contribution in [3.63, 3.8) is 0 Å². The van der Waals surface area contributed by atoms with Gasteiger partial charge in [-0.3, -0.25) is 29.9 Å². The van der Waals surface area contributed by atoms with E-state index in [9.17, 15) is 19.7 Å². The number of aromatic nitrogens is 2. The monoisotopic (exact) mass is 531 g/mol. The third-order valence-corrected chi connectivity index (χ3v) is 7.36. The van der Waals surface area contributed by atoms with Gasteiger partial charge in [0.05, 0.1) is 15.5 Å². The van der Waals surface area contributed by atoms with Crippen LogP contribution in [0.4, 0.5) is 11.4 Å². The van der Waals surface area contributed by atoms with E-state index >= 15 is 0 Å². The lowest BCUT2D eigenvalue weighted by molar-refractivity contribution is -0.387. The van der Waals surface area contributed by atoms with Crippen molar-refractivity contribution in [1.29, 1.82) is 0 Å². The molecule has 2 heterocycles. The number of carbonyl (C=O) groups is 2. The van der Waals surface area contributed by atoms with Gasteiger partial charge >= 0.3 is 0 Å². The standard InChI is InChI=1S/C21H14ClN5O4S3/c1-10-3-5-13(9-15(10)22)26-19(29)14(18(28)23-20(26)32)7-12-4-6-17(16(8-12)27(30)31)34-21-25-24-11(2)33-21/h3-9H,1-2H3,(H,23,28,32)/b14-7+. The first-order valence-corrected chi connectivity index (χ1v) is 12.0. The van der Waals surface area contributed by atoms with Gasteiger partial charge in [-0.2, -0.15) is 0 Å². The van der Waals surface area contributed by atoms with E-state index in [1.54, 1.807) is 37.3 Å². The molecule has 2 aromatic carbocycles. The first kappa shape index (κ1) is 24.0.